The second-order valence-electron chi connectivity index (χ2n) is 4.86. The van der Waals surface area contributed by atoms with Gasteiger partial charge in [0.2, 0.25) is 0 Å². The predicted molar refractivity (Wildman–Crippen MR) is 61.2 cm³/mol. The maximum absolute atomic E-state index is 11.7. The van der Waals surface area contributed by atoms with Crippen molar-refractivity contribution in [2.24, 2.45) is 5.92 Å². The van der Waals surface area contributed by atoms with Crippen LogP contribution in [0, 0.1) is 5.92 Å². The lowest BCUT2D eigenvalue weighted by Crippen LogP contribution is -2.53. The molecule has 1 saturated carbocycles. The Balaban J connectivity index is 1.85. The molecule has 0 N–H and O–H groups in total. The molecule has 5 heteroatoms. The molecule has 1 unspecified atom stereocenters. The van der Waals surface area contributed by atoms with Crippen LogP contribution in [0.4, 0.5) is 0 Å². The molecule has 2 fully saturated rings. The van der Waals surface area contributed by atoms with Crippen molar-refractivity contribution >= 4 is 17.6 Å². The molecule has 0 bridgehead atoms. The summed E-state index contributed by atoms with van der Waals surface area (Å²) in [6.07, 6.45) is 3.30. The van der Waals surface area contributed by atoms with Crippen LogP contribution in [0.3, 0.4) is 0 Å². The molecule has 0 aromatic carbocycles. The summed E-state index contributed by atoms with van der Waals surface area (Å²) in [7, 11) is 1.64. The van der Waals surface area contributed by atoms with Gasteiger partial charge in [0.25, 0.3) is 0 Å². The Morgan fingerprint density at radius 3 is 2.59 bits per heavy atom. The van der Waals surface area contributed by atoms with E-state index < -0.39 is 11.8 Å². The number of Topliss-reactive ketones (excluding diaryl/α,β-unsaturated/α-hetero) is 1. The van der Waals surface area contributed by atoms with Crippen LogP contribution < -0.4 is 0 Å². The predicted octanol–water partition coefficient (Wildman–Crippen LogP) is 0.0463. The van der Waals surface area contributed by atoms with Gasteiger partial charge in [-0.25, -0.2) is 0 Å². The molecule has 17 heavy (non-hydrogen) atoms. The summed E-state index contributed by atoms with van der Waals surface area (Å²) in [5.41, 5.74) is 0. The minimum absolute atomic E-state index is 0.109. The molecule has 0 radical (unpaired) electrons. The number of piperazine rings is 1. The molecule has 0 aromatic rings. The summed E-state index contributed by atoms with van der Waals surface area (Å²) in [4.78, 5) is 37.6. The Morgan fingerprint density at radius 2 is 1.94 bits per heavy atom. The molecule has 94 valence electrons. The van der Waals surface area contributed by atoms with Gasteiger partial charge in [0, 0.05) is 39.0 Å². The highest BCUT2D eigenvalue weighted by molar-refractivity contribution is 6.35. The van der Waals surface area contributed by atoms with Gasteiger partial charge in [-0.15, -0.1) is 0 Å². The Kier molecular flexibility index (Phi) is 3.45. The smallest absolute Gasteiger partial charge is 0.312 e. The van der Waals surface area contributed by atoms with Crippen LogP contribution in [-0.4, -0.2) is 54.1 Å². The summed E-state index contributed by atoms with van der Waals surface area (Å²) in [5.74, 6) is -0.436. The average Bonchev–Trinajstić information content (AvgIpc) is 2.71. The number of carbonyl (C=O) groups excluding carboxylic acids is 3. The van der Waals surface area contributed by atoms with Crippen LogP contribution in [0.1, 0.15) is 25.7 Å². The van der Waals surface area contributed by atoms with Crippen molar-refractivity contribution in [1.82, 2.24) is 9.80 Å². The number of likely N-dealkylation sites (N-methyl/N-ethyl adjacent to an activating group) is 1. The molecule has 0 aromatic heterocycles. The molecule has 1 heterocycles. The largest absolute Gasteiger partial charge is 0.336 e. The molecular formula is C12H18N2O3. The van der Waals surface area contributed by atoms with Crippen molar-refractivity contribution in [3.63, 3.8) is 0 Å². The second kappa shape index (κ2) is 4.85. The summed E-state index contributed by atoms with van der Waals surface area (Å²) in [6, 6.07) is 0. The monoisotopic (exact) mass is 238 g/mol. The Morgan fingerprint density at radius 1 is 1.18 bits per heavy atom. The van der Waals surface area contributed by atoms with E-state index in [1.54, 1.807) is 11.9 Å². The molecule has 1 aliphatic carbocycles. The van der Waals surface area contributed by atoms with E-state index in [4.69, 9.17) is 0 Å². The fraction of sp³-hybridized carbons (Fsp3) is 0.750. The maximum atomic E-state index is 11.7. The fourth-order valence-electron chi connectivity index (χ4n) is 2.49. The molecule has 0 spiro atoms. The highest BCUT2D eigenvalue weighted by Gasteiger charge is 2.31. The van der Waals surface area contributed by atoms with Gasteiger partial charge in [0.05, 0.1) is 0 Å². The van der Waals surface area contributed by atoms with Gasteiger partial charge in [0.1, 0.15) is 5.78 Å². The lowest BCUT2D eigenvalue weighted by molar-refractivity contribution is -0.155. The van der Waals surface area contributed by atoms with E-state index in [9.17, 15) is 14.4 Å². The van der Waals surface area contributed by atoms with Crippen molar-refractivity contribution in [3.05, 3.63) is 0 Å². The maximum Gasteiger partial charge on any atom is 0.312 e. The summed E-state index contributed by atoms with van der Waals surface area (Å²) in [6.45, 7) is 1.71. The van der Waals surface area contributed by atoms with Crippen LogP contribution in [0.2, 0.25) is 0 Å². The lowest BCUT2D eigenvalue weighted by atomic mass is 10.0. The first-order chi connectivity index (χ1) is 8.09. The average molecular weight is 238 g/mol. The zero-order valence-corrected chi connectivity index (χ0v) is 10.1. The van der Waals surface area contributed by atoms with E-state index in [1.807, 2.05) is 0 Å². The third-order valence-corrected chi connectivity index (χ3v) is 3.70. The van der Waals surface area contributed by atoms with Gasteiger partial charge < -0.3 is 9.80 Å². The van der Waals surface area contributed by atoms with E-state index in [0.29, 0.717) is 38.3 Å². The molecule has 5 nitrogen and oxygen atoms in total. The van der Waals surface area contributed by atoms with Crippen molar-refractivity contribution in [2.45, 2.75) is 25.7 Å². The van der Waals surface area contributed by atoms with E-state index in [2.05, 4.69) is 0 Å². The third-order valence-electron chi connectivity index (χ3n) is 3.70. The topological polar surface area (TPSA) is 57.7 Å². The van der Waals surface area contributed by atoms with Crippen molar-refractivity contribution in [1.29, 1.82) is 0 Å². The molecule has 2 aliphatic rings. The first-order valence-electron chi connectivity index (χ1n) is 6.16. The number of nitrogens with zero attached hydrogens (tertiary/aromatic N) is 2. The number of hydrogen-bond acceptors (Lipinski definition) is 3. The van der Waals surface area contributed by atoms with Crippen LogP contribution >= 0.6 is 0 Å². The Bertz CT molecular complexity index is 354. The normalized spacial score (nSPS) is 25.9. The van der Waals surface area contributed by atoms with Crippen LogP contribution in [0.5, 0.6) is 0 Å². The Labute approximate surface area is 101 Å². The van der Waals surface area contributed by atoms with Crippen molar-refractivity contribution < 1.29 is 14.4 Å². The first kappa shape index (κ1) is 12.1. The molecule has 1 atom stereocenters. The van der Waals surface area contributed by atoms with Crippen LogP contribution in [0.15, 0.2) is 0 Å². The van der Waals surface area contributed by atoms with E-state index in [1.165, 1.54) is 4.90 Å². The van der Waals surface area contributed by atoms with E-state index in [0.717, 1.165) is 12.8 Å². The van der Waals surface area contributed by atoms with E-state index >= 15 is 0 Å². The molecule has 2 rings (SSSR count). The molecule has 1 saturated heterocycles. The van der Waals surface area contributed by atoms with Gasteiger partial charge in [-0.1, -0.05) is 0 Å². The van der Waals surface area contributed by atoms with Crippen molar-refractivity contribution in [2.75, 3.05) is 26.7 Å². The van der Waals surface area contributed by atoms with Gasteiger partial charge >= 0.3 is 11.8 Å². The fourth-order valence-corrected chi connectivity index (χ4v) is 2.49. The first-order valence-corrected chi connectivity index (χ1v) is 6.16. The Hall–Kier alpha value is -1.39. The van der Waals surface area contributed by atoms with Crippen molar-refractivity contribution in [3.8, 4) is 0 Å². The number of hydrogen-bond donors (Lipinski definition) is 0. The number of carbonyl (C=O) groups is 3. The zero-order valence-electron chi connectivity index (χ0n) is 10.1. The third kappa shape index (κ3) is 2.48. The minimum Gasteiger partial charge on any atom is -0.336 e. The van der Waals surface area contributed by atoms with Crippen LogP contribution in [-0.2, 0) is 14.4 Å². The molecule has 1 aliphatic heterocycles. The van der Waals surface area contributed by atoms with Gasteiger partial charge in [-0.2, -0.15) is 0 Å². The minimum atomic E-state index is -0.436. The van der Waals surface area contributed by atoms with Gasteiger partial charge in [0.15, 0.2) is 0 Å². The lowest BCUT2D eigenvalue weighted by Gasteiger charge is -2.31. The van der Waals surface area contributed by atoms with Gasteiger partial charge in [-0.05, 0) is 19.3 Å². The van der Waals surface area contributed by atoms with E-state index in [-0.39, 0.29) is 5.92 Å². The summed E-state index contributed by atoms with van der Waals surface area (Å²) in [5, 5.41) is 0. The zero-order chi connectivity index (χ0) is 12.4. The van der Waals surface area contributed by atoms with Crippen LogP contribution in [0.25, 0.3) is 0 Å². The standard InChI is InChI=1S/C12H18N2O3/c1-13-7-8-14(12(17)11(13)16)6-5-9-3-2-4-10(9)15/h9H,2-8H2,1H3. The SMILES string of the molecule is CN1CCN(CCC2CCCC2=O)C(=O)C1=O. The molecular weight excluding hydrogens is 220 g/mol. The quantitative estimate of drug-likeness (QED) is 0.653. The molecule has 2 amide bonds. The summed E-state index contributed by atoms with van der Waals surface area (Å²) < 4.78 is 0. The number of rotatable bonds is 3. The number of amides is 2. The summed E-state index contributed by atoms with van der Waals surface area (Å²) >= 11 is 0. The highest BCUT2D eigenvalue weighted by atomic mass is 16.2. The highest BCUT2D eigenvalue weighted by Crippen LogP contribution is 2.24. The number of ketones is 1. The van der Waals surface area contributed by atoms with Gasteiger partial charge in [-0.3, -0.25) is 14.4 Å². The second-order valence-corrected chi connectivity index (χ2v) is 4.86.